The van der Waals surface area contributed by atoms with Gasteiger partial charge < -0.3 is 9.30 Å². The smallest absolute Gasteiger partial charge is 0.358 e. The molecule has 32 heavy (non-hydrogen) atoms. The largest absolute Gasteiger partial charge is 0.418 e. The normalized spacial score (nSPS) is 12.9. The first kappa shape index (κ1) is 21.9. The van der Waals surface area contributed by atoms with Gasteiger partial charge in [0.25, 0.3) is 11.1 Å². The van der Waals surface area contributed by atoms with Gasteiger partial charge in [-0.05, 0) is 17.7 Å². The third kappa shape index (κ3) is 3.96. The Balaban J connectivity index is 1.82. The summed E-state index contributed by atoms with van der Waals surface area (Å²) in [5.41, 5.74) is -0.628. The van der Waals surface area contributed by atoms with Crippen molar-refractivity contribution >= 4 is 22.5 Å². The molecule has 0 aliphatic rings. The Kier molecular flexibility index (Phi) is 5.70. The maximum atomic E-state index is 13.7. The molecule has 166 valence electrons. The van der Waals surface area contributed by atoms with Crippen molar-refractivity contribution in [3.63, 3.8) is 0 Å². The summed E-state index contributed by atoms with van der Waals surface area (Å²) in [6.07, 6.45) is -6.91. The summed E-state index contributed by atoms with van der Waals surface area (Å²) < 4.78 is 48.5. The lowest BCUT2D eigenvalue weighted by molar-refractivity contribution is -0.227. The van der Waals surface area contributed by atoms with Gasteiger partial charge in [-0.1, -0.05) is 54.1 Å². The van der Waals surface area contributed by atoms with Crippen LogP contribution in [0.2, 0.25) is 5.02 Å². The summed E-state index contributed by atoms with van der Waals surface area (Å²) in [5, 5.41) is 3.13. The summed E-state index contributed by atoms with van der Waals surface area (Å²) in [7, 11) is 1.37. The van der Waals surface area contributed by atoms with E-state index >= 15 is 0 Å². The Labute approximate surface area is 184 Å². The molecule has 4 aromatic rings. The number of halogens is 4. The van der Waals surface area contributed by atoms with Crippen molar-refractivity contribution in [2.24, 2.45) is 7.05 Å². The van der Waals surface area contributed by atoms with Crippen LogP contribution in [-0.2, 0) is 18.4 Å². The highest BCUT2D eigenvalue weighted by Crippen LogP contribution is 2.36. The minimum atomic E-state index is -4.69. The number of ether oxygens (including phenoxy) is 1. The van der Waals surface area contributed by atoms with Crippen molar-refractivity contribution in [3.05, 3.63) is 97.7 Å². The van der Waals surface area contributed by atoms with Crippen LogP contribution in [0.1, 0.15) is 17.4 Å². The number of aromatic nitrogens is 3. The molecule has 0 saturated carbocycles. The highest BCUT2D eigenvalue weighted by Gasteiger charge is 2.42. The highest BCUT2D eigenvalue weighted by atomic mass is 35.5. The van der Waals surface area contributed by atoms with Gasteiger partial charge in [0.1, 0.15) is 0 Å². The van der Waals surface area contributed by atoms with E-state index in [1.807, 2.05) is 0 Å². The Morgan fingerprint density at radius 1 is 1.06 bits per heavy atom. The molecule has 0 fully saturated rings. The number of hydrogen-bond donors (Lipinski definition) is 1. The van der Waals surface area contributed by atoms with Crippen molar-refractivity contribution in [2.75, 3.05) is 0 Å². The Hall–Kier alpha value is -3.30. The third-order valence-corrected chi connectivity index (χ3v) is 5.41. The van der Waals surface area contributed by atoms with E-state index in [9.17, 15) is 22.8 Å². The zero-order valence-electron chi connectivity index (χ0n) is 16.7. The summed E-state index contributed by atoms with van der Waals surface area (Å²) in [5.74, 6) is 0. The molecule has 4 rings (SSSR count). The van der Waals surface area contributed by atoms with Crippen molar-refractivity contribution in [1.29, 1.82) is 0 Å². The number of benzene rings is 2. The van der Waals surface area contributed by atoms with Gasteiger partial charge in [-0.2, -0.15) is 13.2 Å². The molecular weight excluding hydrogens is 447 g/mol. The van der Waals surface area contributed by atoms with Gasteiger partial charge in [-0.25, -0.2) is 4.68 Å². The van der Waals surface area contributed by atoms with Gasteiger partial charge >= 0.3 is 6.18 Å². The highest BCUT2D eigenvalue weighted by molar-refractivity contribution is 6.32. The first-order valence-corrected chi connectivity index (χ1v) is 9.88. The molecule has 10 heteroatoms. The molecule has 2 aromatic carbocycles. The van der Waals surface area contributed by atoms with Gasteiger partial charge in [-0.3, -0.25) is 14.7 Å². The lowest BCUT2D eigenvalue weighted by atomic mass is 10.1. The van der Waals surface area contributed by atoms with Crippen LogP contribution >= 0.6 is 11.6 Å². The summed E-state index contributed by atoms with van der Waals surface area (Å²) in [6, 6.07) is 14.9. The van der Waals surface area contributed by atoms with Crippen molar-refractivity contribution in [1.82, 2.24) is 14.3 Å². The molecule has 1 N–H and O–H groups in total. The van der Waals surface area contributed by atoms with Crippen molar-refractivity contribution in [3.8, 4) is 5.69 Å². The molecule has 2 aromatic heterocycles. The second kappa shape index (κ2) is 8.33. The number of aromatic amines is 1. The van der Waals surface area contributed by atoms with Crippen LogP contribution in [-0.4, -0.2) is 20.5 Å². The number of alkyl halides is 3. The SMILES string of the molecule is Cn1c(COC(c2ccccc2)C(F)(F)F)c2c(=O)n(-c3ccccc3Cl)[nH]c2cc1=O. The zero-order chi connectivity index (χ0) is 23.0. The van der Waals surface area contributed by atoms with E-state index < -0.39 is 30.0 Å². The molecule has 0 aliphatic heterocycles. The number of rotatable bonds is 5. The van der Waals surface area contributed by atoms with Crippen LogP contribution < -0.4 is 11.1 Å². The predicted octanol–water partition coefficient (Wildman–Crippen LogP) is 4.49. The molecule has 0 spiro atoms. The zero-order valence-corrected chi connectivity index (χ0v) is 17.4. The van der Waals surface area contributed by atoms with E-state index in [-0.39, 0.29) is 27.2 Å². The molecule has 0 bridgehead atoms. The van der Waals surface area contributed by atoms with Gasteiger partial charge in [0.15, 0.2) is 6.10 Å². The average Bonchev–Trinajstić information content (AvgIpc) is 3.06. The van der Waals surface area contributed by atoms with Crippen molar-refractivity contribution in [2.45, 2.75) is 18.9 Å². The lowest BCUT2D eigenvalue weighted by Gasteiger charge is -2.22. The Bertz CT molecular complexity index is 1390. The minimum absolute atomic E-state index is 0.0183. The van der Waals surface area contributed by atoms with E-state index in [0.717, 1.165) is 9.25 Å². The number of nitrogens with one attached hydrogen (secondary N) is 1. The van der Waals surface area contributed by atoms with E-state index in [4.69, 9.17) is 16.3 Å². The van der Waals surface area contributed by atoms with Gasteiger partial charge in [0.2, 0.25) is 0 Å². The molecule has 6 nitrogen and oxygen atoms in total. The molecule has 1 unspecified atom stereocenters. The summed E-state index contributed by atoms with van der Waals surface area (Å²) >= 11 is 6.19. The average molecular weight is 464 g/mol. The quantitative estimate of drug-likeness (QED) is 0.474. The number of H-pyrrole nitrogens is 1. The maximum Gasteiger partial charge on any atom is 0.418 e. The fraction of sp³-hybridized carbons (Fsp3) is 0.182. The fourth-order valence-electron chi connectivity index (χ4n) is 3.50. The Morgan fingerprint density at radius 3 is 2.38 bits per heavy atom. The second-order valence-corrected chi connectivity index (χ2v) is 7.53. The van der Waals surface area contributed by atoms with Crippen molar-refractivity contribution < 1.29 is 17.9 Å². The number of para-hydroxylation sites is 1. The first-order valence-electron chi connectivity index (χ1n) is 9.50. The van der Waals surface area contributed by atoms with Crippen LogP contribution in [0.15, 0.2) is 70.3 Å². The Morgan fingerprint density at radius 2 is 1.72 bits per heavy atom. The summed E-state index contributed by atoms with van der Waals surface area (Å²) in [6.45, 7) is -0.613. The van der Waals surface area contributed by atoms with Gasteiger partial charge in [0.05, 0.1) is 33.9 Å². The maximum absolute atomic E-state index is 13.7. The number of nitrogens with zero attached hydrogens (tertiary/aromatic N) is 2. The lowest BCUT2D eigenvalue weighted by Crippen LogP contribution is -2.27. The van der Waals surface area contributed by atoms with E-state index in [1.165, 1.54) is 37.4 Å². The topological polar surface area (TPSA) is 69.0 Å². The molecule has 0 amide bonds. The van der Waals surface area contributed by atoms with E-state index in [1.54, 1.807) is 30.3 Å². The first-order chi connectivity index (χ1) is 15.2. The second-order valence-electron chi connectivity index (χ2n) is 7.12. The molecular formula is C22H17ClF3N3O3. The fourth-order valence-corrected chi connectivity index (χ4v) is 3.72. The standard InChI is InChI=1S/C22H17ClF3N3O3/c1-28-17(12-32-20(22(24,25)26)13-7-3-2-4-8-13)19-15(11-18(28)30)27-29(21(19)31)16-10-6-5-9-14(16)23/h2-11,20,27H,12H2,1H3. The van der Waals surface area contributed by atoms with Crippen LogP contribution in [0.25, 0.3) is 16.6 Å². The van der Waals surface area contributed by atoms with Crippen LogP contribution in [0, 0.1) is 0 Å². The van der Waals surface area contributed by atoms with Gasteiger partial charge in [0, 0.05) is 13.1 Å². The van der Waals surface area contributed by atoms with Gasteiger partial charge in [-0.15, -0.1) is 0 Å². The number of hydrogen-bond acceptors (Lipinski definition) is 3. The number of fused-ring (bicyclic) bond motifs is 1. The molecule has 0 radical (unpaired) electrons. The predicted molar refractivity (Wildman–Crippen MR) is 114 cm³/mol. The molecule has 2 heterocycles. The minimum Gasteiger partial charge on any atom is -0.358 e. The van der Waals surface area contributed by atoms with E-state index in [2.05, 4.69) is 5.10 Å². The molecule has 0 aliphatic carbocycles. The number of pyridine rings is 1. The third-order valence-electron chi connectivity index (χ3n) is 5.09. The van der Waals surface area contributed by atoms with E-state index in [0.29, 0.717) is 5.69 Å². The monoisotopic (exact) mass is 463 g/mol. The van der Waals surface area contributed by atoms with Crippen LogP contribution in [0.4, 0.5) is 13.2 Å². The molecule has 1 atom stereocenters. The van der Waals surface area contributed by atoms with Crippen LogP contribution in [0.5, 0.6) is 0 Å². The molecule has 0 saturated heterocycles. The summed E-state index contributed by atoms with van der Waals surface area (Å²) in [4.78, 5) is 25.6. The van der Waals surface area contributed by atoms with Crippen LogP contribution in [0.3, 0.4) is 0 Å².